The molecule has 4 rings (SSSR count). The molecule has 0 aliphatic rings. The standard InChI is InChI=1S/C55H82N2/c1-5-7-9-11-13-15-20-24-28-54(52-40-38-50(56)42-44(52)3)48-34-30-46(31-35-48)26-22-18-17-19-23-27-47-32-36-49(37-33-47)55(53-41-39-51(57)43-45(53)4)29-25-21-16-14-12-10-8-6-2/h30-43,54-55H,5-29,56-57H2,1-4H3. The number of rotatable bonds is 30. The van der Waals surface area contributed by atoms with E-state index in [4.69, 9.17) is 11.5 Å². The molecule has 2 heteroatoms. The molecule has 0 aliphatic carbocycles. The molecule has 0 amide bonds. The Balaban J connectivity index is 1.19. The van der Waals surface area contributed by atoms with Gasteiger partial charge in [-0.15, -0.1) is 0 Å². The van der Waals surface area contributed by atoms with Gasteiger partial charge in [0.1, 0.15) is 0 Å². The van der Waals surface area contributed by atoms with Crippen LogP contribution >= 0.6 is 0 Å². The van der Waals surface area contributed by atoms with Crippen molar-refractivity contribution >= 4 is 11.4 Å². The van der Waals surface area contributed by atoms with Crippen molar-refractivity contribution in [1.82, 2.24) is 0 Å². The van der Waals surface area contributed by atoms with E-state index in [1.165, 1.54) is 205 Å². The van der Waals surface area contributed by atoms with E-state index in [1.807, 2.05) is 0 Å². The lowest BCUT2D eigenvalue weighted by Crippen LogP contribution is -2.05. The summed E-state index contributed by atoms with van der Waals surface area (Å²) in [6.45, 7) is 9.06. The van der Waals surface area contributed by atoms with E-state index in [-0.39, 0.29) is 0 Å². The molecule has 0 radical (unpaired) electrons. The molecule has 0 fully saturated rings. The van der Waals surface area contributed by atoms with Gasteiger partial charge in [0.2, 0.25) is 0 Å². The predicted molar refractivity (Wildman–Crippen MR) is 253 cm³/mol. The summed E-state index contributed by atoms with van der Waals surface area (Å²) >= 11 is 0. The first-order valence-electron chi connectivity index (χ1n) is 23.8. The molecule has 2 atom stereocenters. The van der Waals surface area contributed by atoms with Gasteiger partial charge in [0.05, 0.1) is 0 Å². The van der Waals surface area contributed by atoms with Crippen LogP contribution in [0, 0.1) is 13.8 Å². The van der Waals surface area contributed by atoms with Crippen molar-refractivity contribution < 1.29 is 0 Å². The van der Waals surface area contributed by atoms with Crippen LogP contribution in [-0.4, -0.2) is 0 Å². The number of hydrogen-bond donors (Lipinski definition) is 2. The number of nitrogens with two attached hydrogens (primary N) is 2. The topological polar surface area (TPSA) is 52.0 Å². The van der Waals surface area contributed by atoms with Crippen LogP contribution in [0.15, 0.2) is 84.9 Å². The molecule has 0 bridgehead atoms. The highest BCUT2D eigenvalue weighted by Crippen LogP contribution is 2.35. The van der Waals surface area contributed by atoms with Crippen molar-refractivity contribution in [3.8, 4) is 0 Å². The highest BCUT2D eigenvalue weighted by Gasteiger charge is 2.18. The Hall–Kier alpha value is -3.52. The lowest BCUT2D eigenvalue weighted by atomic mass is 9.84. The molecule has 0 aliphatic heterocycles. The number of unbranched alkanes of at least 4 members (excludes halogenated alkanes) is 18. The Morgan fingerprint density at radius 3 is 1.02 bits per heavy atom. The van der Waals surface area contributed by atoms with Gasteiger partial charge >= 0.3 is 0 Å². The molecule has 0 saturated heterocycles. The van der Waals surface area contributed by atoms with E-state index in [2.05, 4.69) is 113 Å². The van der Waals surface area contributed by atoms with Crippen LogP contribution in [0.1, 0.15) is 218 Å². The van der Waals surface area contributed by atoms with Crippen molar-refractivity contribution in [1.29, 1.82) is 0 Å². The highest BCUT2D eigenvalue weighted by molar-refractivity contribution is 5.49. The molecule has 4 N–H and O–H groups in total. The first-order chi connectivity index (χ1) is 27.9. The van der Waals surface area contributed by atoms with Crippen LogP contribution in [0.5, 0.6) is 0 Å². The SMILES string of the molecule is CCCCCCCCCCC(c1ccc(CCCCCCCc2ccc(C(CCCCCCCCCC)c3ccc(N)cc3C)cc2)cc1)c1ccc(N)cc1C. The zero-order chi connectivity index (χ0) is 40.5. The highest BCUT2D eigenvalue weighted by atomic mass is 14.5. The maximum absolute atomic E-state index is 6.15. The normalized spacial score (nSPS) is 12.6. The Morgan fingerprint density at radius 2 is 0.684 bits per heavy atom. The predicted octanol–water partition coefficient (Wildman–Crippen LogP) is 16.5. The van der Waals surface area contributed by atoms with Gasteiger partial charge < -0.3 is 11.5 Å². The van der Waals surface area contributed by atoms with Crippen LogP contribution in [0.25, 0.3) is 0 Å². The van der Waals surface area contributed by atoms with E-state index in [0.717, 1.165) is 11.4 Å². The summed E-state index contributed by atoms with van der Waals surface area (Å²) in [7, 11) is 0. The molecular formula is C55H82N2. The second-order valence-electron chi connectivity index (χ2n) is 17.6. The fourth-order valence-corrected chi connectivity index (χ4v) is 9.17. The van der Waals surface area contributed by atoms with Gasteiger partial charge in [-0.3, -0.25) is 0 Å². The molecule has 0 aromatic heterocycles. The molecule has 0 spiro atoms. The third-order valence-electron chi connectivity index (χ3n) is 12.7. The van der Waals surface area contributed by atoms with Gasteiger partial charge in [0, 0.05) is 23.2 Å². The summed E-state index contributed by atoms with van der Waals surface area (Å²) < 4.78 is 0. The molecule has 0 saturated carbocycles. The van der Waals surface area contributed by atoms with Crippen LogP contribution < -0.4 is 11.5 Å². The third kappa shape index (κ3) is 17.1. The summed E-state index contributed by atoms with van der Waals surface area (Å²) in [4.78, 5) is 0. The van der Waals surface area contributed by atoms with Gasteiger partial charge in [0.15, 0.2) is 0 Å². The first kappa shape index (κ1) is 46.2. The number of anilines is 2. The Kier molecular flexibility index (Phi) is 22.1. The third-order valence-corrected chi connectivity index (χ3v) is 12.7. The summed E-state index contributed by atoms with van der Waals surface area (Å²) in [5.74, 6) is 0.898. The average Bonchev–Trinajstić information content (AvgIpc) is 3.21. The van der Waals surface area contributed by atoms with Crippen LogP contribution in [0.3, 0.4) is 0 Å². The van der Waals surface area contributed by atoms with E-state index in [0.29, 0.717) is 11.8 Å². The number of nitrogen functional groups attached to an aromatic ring is 2. The van der Waals surface area contributed by atoms with Gasteiger partial charge in [-0.25, -0.2) is 0 Å². The van der Waals surface area contributed by atoms with E-state index in [9.17, 15) is 0 Å². The van der Waals surface area contributed by atoms with Crippen molar-refractivity contribution in [3.05, 3.63) is 129 Å². The van der Waals surface area contributed by atoms with E-state index in [1.54, 1.807) is 0 Å². The molecule has 4 aromatic rings. The quantitative estimate of drug-likeness (QED) is 0.0410. The lowest BCUT2D eigenvalue weighted by molar-refractivity contribution is 0.550. The number of benzene rings is 4. The largest absolute Gasteiger partial charge is 0.399 e. The summed E-state index contributed by atoms with van der Waals surface area (Å²) in [5, 5.41) is 0. The molecule has 4 aromatic carbocycles. The van der Waals surface area contributed by atoms with Crippen LogP contribution in [-0.2, 0) is 12.8 Å². The minimum absolute atomic E-state index is 0.449. The van der Waals surface area contributed by atoms with Gasteiger partial charge in [-0.2, -0.15) is 0 Å². The summed E-state index contributed by atoms with van der Waals surface area (Å²) in [5.41, 5.74) is 25.5. The monoisotopic (exact) mass is 771 g/mol. The van der Waals surface area contributed by atoms with Crippen molar-refractivity contribution in [3.63, 3.8) is 0 Å². The summed E-state index contributed by atoms with van der Waals surface area (Å²) in [6.07, 6.45) is 33.1. The fraction of sp³-hybridized carbons (Fsp3) is 0.564. The minimum Gasteiger partial charge on any atom is -0.399 e. The fourth-order valence-electron chi connectivity index (χ4n) is 9.17. The second-order valence-corrected chi connectivity index (χ2v) is 17.6. The summed E-state index contributed by atoms with van der Waals surface area (Å²) in [6, 6.07) is 32.3. The molecular weight excluding hydrogens is 689 g/mol. The zero-order valence-electron chi connectivity index (χ0n) is 37.1. The van der Waals surface area contributed by atoms with Gasteiger partial charge in [-0.05, 0) is 121 Å². The zero-order valence-corrected chi connectivity index (χ0v) is 37.1. The van der Waals surface area contributed by atoms with Crippen molar-refractivity contribution in [2.24, 2.45) is 0 Å². The number of aryl methyl sites for hydroxylation is 4. The minimum atomic E-state index is 0.449. The molecule has 0 heterocycles. The Morgan fingerprint density at radius 1 is 0.368 bits per heavy atom. The molecule has 2 unspecified atom stereocenters. The van der Waals surface area contributed by atoms with Crippen molar-refractivity contribution in [2.75, 3.05) is 11.5 Å². The average molecular weight is 771 g/mol. The van der Waals surface area contributed by atoms with E-state index < -0.39 is 0 Å². The molecule has 312 valence electrons. The molecule has 2 nitrogen and oxygen atoms in total. The maximum Gasteiger partial charge on any atom is 0.0316 e. The van der Waals surface area contributed by atoms with Crippen LogP contribution in [0.2, 0.25) is 0 Å². The van der Waals surface area contributed by atoms with Gasteiger partial charge in [-0.1, -0.05) is 197 Å². The smallest absolute Gasteiger partial charge is 0.0316 e. The van der Waals surface area contributed by atoms with E-state index >= 15 is 0 Å². The Labute approximate surface area is 351 Å². The Bertz CT molecular complexity index is 1510. The lowest BCUT2D eigenvalue weighted by Gasteiger charge is -2.21. The van der Waals surface area contributed by atoms with Gasteiger partial charge in [0.25, 0.3) is 0 Å². The second kappa shape index (κ2) is 27.2. The first-order valence-corrected chi connectivity index (χ1v) is 23.8. The van der Waals surface area contributed by atoms with Crippen LogP contribution in [0.4, 0.5) is 11.4 Å². The van der Waals surface area contributed by atoms with Crippen molar-refractivity contribution in [2.45, 2.75) is 200 Å². The number of hydrogen-bond acceptors (Lipinski definition) is 2. The maximum atomic E-state index is 6.15. The molecule has 57 heavy (non-hydrogen) atoms.